The summed E-state index contributed by atoms with van der Waals surface area (Å²) in [4.78, 5) is 25.5. The Hall–Kier alpha value is -1.78. The van der Waals surface area contributed by atoms with Crippen LogP contribution in [0, 0.1) is 5.92 Å². The first-order valence-electron chi connectivity index (χ1n) is 6.67. The van der Waals surface area contributed by atoms with Crippen LogP contribution in [-0.2, 0) is 20.7 Å². The minimum atomic E-state index is -0.196. The molecule has 0 aliphatic carbocycles. The Morgan fingerprint density at radius 3 is 3.05 bits per heavy atom. The second-order valence-electron chi connectivity index (χ2n) is 4.69. The van der Waals surface area contributed by atoms with E-state index in [0.717, 1.165) is 12.8 Å². The van der Waals surface area contributed by atoms with E-state index in [2.05, 4.69) is 0 Å². The van der Waals surface area contributed by atoms with Crippen LogP contribution >= 0.6 is 0 Å². The van der Waals surface area contributed by atoms with Gasteiger partial charge in [0.05, 0.1) is 25.2 Å². The van der Waals surface area contributed by atoms with Crippen molar-refractivity contribution in [1.82, 2.24) is 4.90 Å². The third kappa shape index (κ3) is 3.59. The van der Waals surface area contributed by atoms with Gasteiger partial charge in [-0.25, -0.2) is 0 Å². The van der Waals surface area contributed by atoms with Gasteiger partial charge < -0.3 is 14.1 Å². The minimum absolute atomic E-state index is 0.00366. The van der Waals surface area contributed by atoms with Crippen LogP contribution in [0.5, 0.6) is 0 Å². The summed E-state index contributed by atoms with van der Waals surface area (Å²) in [6.07, 6.45) is 3.44. The number of carbonyl (C=O) groups excluding carboxylic acids is 2. The second-order valence-corrected chi connectivity index (χ2v) is 4.69. The predicted octanol–water partition coefficient (Wildman–Crippen LogP) is 1.62. The summed E-state index contributed by atoms with van der Waals surface area (Å²) in [7, 11) is 0. The highest BCUT2D eigenvalue weighted by Gasteiger charge is 2.29. The van der Waals surface area contributed by atoms with Gasteiger partial charge in [-0.3, -0.25) is 9.59 Å². The molecule has 104 valence electrons. The number of piperidine rings is 1. The zero-order chi connectivity index (χ0) is 13.7. The van der Waals surface area contributed by atoms with Gasteiger partial charge in [-0.1, -0.05) is 0 Å². The molecule has 19 heavy (non-hydrogen) atoms. The van der Waals surface area contributed by atoms with Crippen LogP contribution in [0.4, 0.5) is 0 Å². The standard InChI is InChI=1S/C14H19NO4/c1-2-18-14(17)11-5-3-7-15(10-11)13(16)9-12-6-4-8-19-12/h4,6,8,11H,2-3,5,7,9-10H2,1H3. The molecule has 1 fully saturated rings. The Kier molecular flexibility index (Phi) is 4.60. The summed E-state index contributed by atoms with van der Waals surface area (Å²) in [6, 6.07) is 3.55. The van der Waals surface area contributed by atoms with Gasteiger partial charge in [0.1, 0.15) is 5.76 Å². The molecule has 2 rings (SSSR count). The fourth-order valence-electron chi connectivity index (χ4n) is 2.33. The number of esters is 1. The van der Waals surface area contributed by atoms with Gasteiger partial charge in [-0.05, 0) is 31.9 Å². The summed E-state index contributed by atoms with van der Waals surface area (Å²) >= 11 is 0. The Morgan fingerprint density at radius 1 is 1.53 bits per heavy atom. The molecule has 5 heteroatoms. The molecule has 1 saturated heterocycles. The lowest BCUT2D eigenvalue weighted by Crippen LogP contribution is -2.43. The predicted molar refractivity (Wildman–Crippen MR) is 68.3 cm³/mol. The van der Waals surface area contributed by atoms with Crippen LogP contribution in [0.15, 0.2) is 22.8 Å². The molecule has 0 bridgehead atoms. The fourth-order valence-corrected chi connectivity index (χ4v) is 2.33. The van der Waals surface area contributed by atoms with E-state index in [1.165, 1.54) is 0 Å². The Labute approximate surface area is 112 Å². The van der Waals surface area contributed by atoms with Crippen molar-refractivity contribution in [3.05, 3.63) is 24.2 Å². The summed E-state index contributed by atoms with van der Waals surface area (Å²) in [5, 5.41) is 0. The van der Waals surface area contributed by atoms with Crippen LogP contribution in [0.3, 0.4) is 0 Å². The monoisotopic (exact) mass is 265 g/mol. The molecule has 1 aliphatic heterocycles. The van der Waals surface area contributed by atoms with Crippen molar-refractivity contribution in [3.8, 4) is 0 Å². The van der Waals surface area contributed by atoms with Crippen molar-refractivity contribution >= 4 is 11.9 Å². The Balaban J connectivity index is 1.89. The normalized spacial score (nSPS) is 19.2. The van der Waals surface area contributed by atoms with Gasteiger partial charge in [0.25, 0.3) is 0 Å². The Morgan fingerprint density at radius 2 is 2.37 bits per heavy atom. The number of nitrogens with zero attached hydrogens (tertiary/aromatic N) is 1. The fraction of sp³-hybridized carbons (Fsp3) is 0.571. The molecule has 1 amide bonds. The van der Waals surface area contributed by atoms with Crippen molar-refractivity contribution in [2.45, 2.75) is 26.2 Å². The van der Waals surface area contributed by atoms with Crippen LogP contribution in [0.1, 0.15) is 25.5 Å². The molecule has 1 aromatic heterocycles. The number of amides is 1. The van der Waals surface area contributed by atoms with Gasteiger partial charge in [0.15, 0.2) is 0 Å². The highest BCUT2D eigenvalue weighted by molar-refractivity contribution is 5.80. The zero-order valence-electron chi connectivity index (χ0n) is 11.1. The zero-order valence-corrected chi connectivity index (χ0v) is 11.1. The average Bonchev–Trinajstić information content (AvgIpc) is 2.92. The van der Waals surface area contributed by atoms with Crippen molar-refractivity contribution < 1.29 is 18.7 Å². The van der Waals surface area contributed by atoms with E-state index in [1.807, 2.05) is 0 Å². The number of rotatable bonds is 4. The van der Waals surface area contributed by atoms with Gasteiger partial charge in [0.2, 0.25) is 5.91 Å². The second kappa shape index (κ2) is 6.41. The molecule has 0 spiro atoms. The first-order valence-corrected chi connectivity index (χ1v) is 6.67. The number of hydrogen-bond acceptors (Lipinski definition) is 4. The van der Waals surface area contributed by atoms with Crippen molar-refractivity contribution in [2.24, 2.45) is 5.92 Å². The van der Waals surface area contributed by atoms with Crippen molar-refractivity contribution in [3.63, 3.8) is 0 Å². The number of ether oxygens (including phenoxy) is 1. The first-order chi connectivity index (χ1) is 9.20. The van der Waals surface area contributed by atoms with E-state index in [9.17, 15) is 9.59 Å². The van der Waals surface area contributed by atoms with Gasteiger partial charge in [0, 0.05) is 13.1 Å². The molecular weight excluding hydrogens is 246 g/mol. The summed E-state index contributed by atoms with van der Waals surface area (Å²) in [5.74, 6) is 0.277. The molecule has 1 unspecified atom stereocenters. The molecule has 0 saturated carbocycles. The topological polar surface area (TPSA) is 59.8 Å². The van der Waals surface area contributed by atoms with Crippen molar-refractivity contribution in [2.75, 3.05) is 19.7 Å². The Bertz CT molecular complexity index is 427. The lowest BCUT2D eigenvalue weighted by Gasteiger charge is -2.31. The molecule has 1 aliphatic rings. The number of likely N-dealkylation sites (tertiary alicyclic amines) is 1. The van der Waals surface area contributed by atoms with Crippen LogP contribution in [0.2, 0.25) is 0 Å². The molecule has 1 atom stereocenters. The molecule has 0 aromatic carbocycles. The van der Waals surface area contributed by atoms with E-state index in [0.29, 0.717) is 25.5 Å². The lowest BCUT2D eigenvalue weighted by atomic mass is 9.98. The third-order valence-electron chi connectivity index (χ3n) is 3.30. The smallest absolute Gasteiger partial charge is 0.310 e. The summed E-state index contributed by atoms with van der Waals surface area (Å²) in [5.41, 5.74) is 0. The molecule has 0 radical (unpaired) electrons. The number of carbonyl (C=O) groups is 2. The molecule has 2 heterocycles. The van der Waals surface area contributed by atoms with Crippen molar-refractivity contribution in [1.29, 1.82) is 0 Å². The maximum absolute atomic E-state index is 12.1. The van der Waals surface area contributed by atoms with Gasteiger partial charge >= 0.3 is 5.97 Å². The largest absolute Gasteiger partial charge is 0.469 e. The van der Waals surface area contributed by atoms with Crippen LogP contribution in [0.25, 0.3) is 0 Å². The third-order valence-corrected chi connectivity index (χ3v) is 3.30. The van der Waals surface area contributed by atoms with Crippen LogP contribution in [-0.4, -0.2) is 36.5 Å². The van der Waals surface area contributed by atoms with E-state index in [-0.39, 0.29) is 24.2 Å². The van der Waals surface area contributed by atoms with Gasteiger partial charge in [-0.15, -0.1) is 0 Å². The maximum atomic E-state index is 12.1. The van der Waals surface area contributed by atoms with Gasteiger partial charge in [-0.2, -0.15) is 0 Å². The van der Waals surface area contributed by atoms with E-state index >= 15 is 0 Å². The van der Waals surface area contributed by atoms with E-state index < -0.39 is 0 Å². The number of hydrogen-bond donors (Lipinski definition) is 0. The van der Waals surface area contributed by atoms with E-state index in [4.69, 9.17) is 9.15 Å². The molecule has 0 N–H and O–H groups in total. The number of furan rings is 1. The quantitative estimate of drug-likeness (QED) is 0.776. The summed E-state index contributed by atoms with van der Waals surface area (Å²) in [6.45, 7) is 3.34. The maximum Gasteiger partial charge on any atom is 0.310 e. The summed E-state index contributed by atoms with van der Waals surface area (Å²) < 4.78 is 10.2. The van der Waals surface area contributed by atoms with E-state index in [1.54, 1.807) is 30.2 Å². The minimum Gasteiger partial charge on any atom is -0.469 e. The van der Waals surface area contributed by atoms with Crippen LogP contribution < -0.4 is 0 Å². The first kappa shape index (κ1) is 13.6. The highest BCUT2D eigenvalue weighted by atomic mass is 16.5. The molecule has 5 nitrogen and oxygen atoms in total. The lowest BCUT2D eigenvalue weighted by molar-refractivity contribution is -0.151. The molecular formula is C14H19NO4. The molecule has 1 aromatic rings. The average molecular weight is 265 g/mol. The highest BCUT2D eigenvalue weighted by Crippen LogP contribution is 2.19. The SMILES string of the molecule is CCOC(=O)C1CCCN(C(=O)Cc2ccco2)C1.